The maximum absolute atomic E-state index is 11.3. The minimum atomic E-state index is -0.176. The lowest BCUT2D eigenvalue weighted by Crippen LogP contribution is -2.17. The van der Waals surface area contributed by atoms with Gasteiger partial charge in [-0.05, 0) is 18.6 Å². The summed E-state index contributed by atoms with van der Waals surface area (Å²) in [6, 6.07) is 9.00. The average molecular weight is 176 g/mol. The van der Waals surface area contributed by atoms with Crippen molar-refractivity contribution in [1.82, 2.24) is 5.43 Å². The summed E-state index contributed by atoms with van der Waals surface area (Å²) in [5.74, 6) is -0.176. The summed E-state index contributed by atoms with van der Waals surface area (Å²) < 4.78 is 0. The first-order chi connectivity index (χ1) is 6.34. The van der Waals surface area contributed by atoms with E-state index in [0.29, 0.717) is 5.56 Å². The molecule has 1 aromatic rings. The Kier molecular flexibility index (Phi) is 3.70. The lowest BCUT2D eigenvalue weighted by molar-refractivity contribution is 0.0955. The number of rotatable bonds is 3. The van der Waals surface area contributed by atoms with E-state index in [9.17, 15) is 4.79 Å². The summed E-state index contributed by atoms with van der Waals surface area (Å²) in [4.78, 5) is 11.3. The quantitative estimate of drug-likeness (QED) is 0.554. The van der Waals surface area contributed by atoms with Crippen LogP contribution in [0.1, 0.15) is 23.7 Å². The van der Waals surface area contributed by atoms with Crippen molar-refractivity contribution in [3.8, 4) is 0 Å². The fourth-order valence-corrected chi connectivity index (χ4v) is 0.850. The Hall–Kier alpha value is -1.64. The van der Waals surface area contributed by atoms with Gasteiger partial charge in [0.05, 0.1) is 0 Å². The van der Waals surface area contributed by atoms with Gasteiger partial charge in [0.1, 0.15) is 0 Å². The van der Waals surface area contributed by atoms with Crippen LogP contribution in [-0.4, -0.2) is 12.1 Å². The molecular weight excluding hydrogens is 164 g/mol. The highest BCUT2D eigenvalue weighted by Crippen LogP contribution is 1.97. The van der Waals surface area contributed by atoms with Gasteiger partial charge in [-0.25, -0.2) is 5.43 Å². The highest BCUT2D eigenvalue weighted by molar-refractivity contribution is 5.94. The third-order valence-corrected chi connectivity index (χ3v) is 1.48. The molecule has 0 aliphatic carbocycles. The van der Waals surface area contributed by atoms with Crippen LogP contribution < -0.4 is 5.43 Å². The van der Waals surface area contributed by atoms with Crippen molar-refractivity contribution in [2.24, 2.45) is 5.10 Å². The number of nitrogens with one attached hydrogen (secondary N) is 1. The molecule has 1 amide bonds. The molecule has 1 aromatic carbocycles. The van der Waals surface area contributed by atoms with Crippen LogP contribution in [0.3, 0.4) is 0 Å². The molecular formula is C10H12N2O. The Labute approximate surface area is 77.5 Å². The molecule has 0 atom stereocenters. The minimum absolute atomic E-state index is 0.176. The highest BCUT2D eigenvalue weighted by Gasteiger charge is 2.00. The van der Waals surface area contributed by atoms with Gasteiger partial charge < -0.3 is 0 Å². The van der Waals surface area contributed by atoms with Crippen LogP contribution in [0.5, 0.6) is 0 Å². The van der Waals surface area contributed by atoms with Gasteiger partial charge in [0.25, 0.3) is 5.91 Å². The monoisotopic (exact) mass is 176 g/mol. The fraction of sp³-hybridized carbons (Fsp3) is 0.200. The molecule has 0 spiro atoms. The van der Waals surface area contributed by atoms with E-state index in [1.807, 2.05) is 25.1 Å². The second-order valence-electron chi connectivity index (χ2n) is 2.53. The smallest absolute Gasteiger partial charge is 0.267 e. The normalized spacial score (nSPS) is 10.2. The van der Waals surface area contributed by atoms with Gasteiger partial charge in [-0.3, -0.25) is 4.79 Å². The highest BCUT2D eigenvalue weighted by atomic mass is 16.2. The fourth-order valence-electron chi connectivity index (χ4n) is 0.850. The Bertz CT molecular complexity index is 293. The molecule has 3 nitrogen and oxygen atoms in total. The number of hydrogen-bond donors (Lipinski definition) is 1. The van der Waals surface area contributed by atoms with Crippen molar-refractivity contribution in [2.45, 2.75) is 13.3 Å². The Morgan fingerprint density at radius 2 is 2.15 bits per heavy atom. The van der Waals surface area contributed by atoms with Crippen molar-refractivity contribution in [3.63, 3.8) is 0 Å². The number of amides is 1. The topological polar surface area (TPSA) is 41.5 Å². The summed E-state index contributed by atoms with van der Waals surface area (Å²) in [6.45, 7) is 1.96. The molecule has 0 saturated heterocycles. The van der Waals surface area contributed by atoms with Gasteiger partial charge in [-0.1, -0.05) is 25.1 Å². The third kappa shape index (κ3) is 3.07. The first kappa shape index (κ1) is 9.45. The standard InChI is InChI=1S/C10H12N2O/c1-2-8-11-12-10(13)9-6-4-3-5-7-9/h3-8H,2H2,1H3,(H,12,13)/b11-8-. The molecule has 0 aliphatic heterocycles. The van der Waals surface area contributed by atoms with Crippen LogP contribution >= 0.6 is 0 Å². The lowest BCUT2D eigenvalue weighted by atomic mass is 10.2. The van der Waals surface area contributed by atoms with Gasteiger partial charge in [0.15, 0.2) is 0 Å². The van der Waals surface area contributed by atoms with E-state index in [2.05, 4.69) is 10.5 Å². The van der Waals surface area contributed by atoms with Crippen LogP contribution in [0.2, 0.25) is 0 Å². The zero-order chi connectivity index (χ0) is 9.52. The minimum Gasteiger partial charge on any atom is -0.267 e. The van der Waals surface area contributed by atoms with E-state index < -0.39 is 0 Å². The molecule has 68 valence electrons. The van der Waals surface area contributed by atoms with E-state index in [1.165, 1.54) is 0 Å². The van der Waals surface area contributed by atoms with E-state index in [4.69, 9.17) is 0 Å². The molecule has 0 fully saturated rings. The number of carbonyl (C=O) groups is 1. The molecule has 1 rings (SSSR count). The molecule has 0 aliphatic rings. The van der Waals surface area contributed by atoms with Crippen LogP contribution in [0.15, 0.2) is 35.4 Å². The molecule has 3 heteroatoms. The zero-order valence-corrected chi connectivity index (χ0v) is 7.53. The zero-order valence-electron chi connectivity index (χ0n) is 7.53. The summed E-state index contributed by atoms with van der Waals surface area (Å²) >= 11 is 0. The summed E-state index contributed by atoms with van der Waals surface area (Å²) in [7, 11) is 0. The van der Waals surface area contributed by atoms with Crippen LogP contribution in [-0.2, 0) is 0 Å². The summed E-state index contributed by atoms with van der Waals surface area (Å²) in [6.07, 6.45) is 2.47. The van der Waals surface area contributed by atoms with E-state index in [-0.39, 0.29) is 5.91 Å². The van der Waals surface area contributed by atoms with Crippen molar-refractivity contribution in [1.29, 1.82) is 0 Å². The molecule has 0 bridgehead atoms. The Morgan fingerprint density at radius 3 is 2.77 bits per heavy atom. The predicted octanol–water partition coefficient (Wildman–Crippen LogP) is 1.81. The Balaban J connectivity index is 2.54. The molecule has 0 heterocycles. The molecule has 1 N–H and O–H groups in total. The maximum Gasteiger partial charge on any atom is 0.271 e. The van der Waals surface area contributed by atoms with Crippen LogP contribution in [0.25, 0.3) is 0 Å². The van der Waals surface area contributed by atoms with E-state index >= 15 is 0 Å². The molecule has 13 heavy (non-hydrogen) atoms. The second-order valence-corrected chi connectivity index (χ2v) is 2.53. The largest absolute Gasteiger partial charge is 0.271 e. The number of benzene rings is 1. The number of carbonyl (C=O) groups excluding carboxylic acids is 1. The van der Waals surface area contributed by atoms with Gasteiger partial charge in [-0.15, -0.1) is 0 Å². The Morgan fingerprint density at radius 1 is 1.46 bits per heavy atom. The molecule has 0 unspecified atom stereocenters. The van der Waals surface area contributed by atoms with Crippen molar-refractivity contribution >= 4 is 12.1 Å². The first-order valence-electron chi connectivity index (χ1n) is 4.21. The van der Waals surface area contributed by atoms with Gasteiger partial charge >= 0.3 is 0 Å². The predicted molar refractivity (Wildman–Crippen MR) is 52.7 cm³/mol. The summed E-state index contributed by atoms with van der Waals surface area (Å²) in [5, 5.41) is 3.74. The average Bonchev–Trinajstić information content (AvgIpc) is 2.19. The molecule has 0 radical (unpaired) electrons. The maximum atomic E-state index is 11.3. The summed E-state index contributed by atoms with van der Waals surface area (Å²) in [5.41, 5.74) is 3.05. The van der Waals surface area contributed by atoms with Crippen molar-refractivity contribution in [3.05, 3.63) is 35.9 Å². The molecule has 0 saturated carbocycles. The third-order valence-electron chi connectivity index (χ3n) is 1.48. The van der Waals surface area contributed by atoms with Crippen LogP contribution in [0, 0.1) is 0 Å². The SMILES string of the molecule is CC/C=N\NC(=O)c1ccccc1. The van der Waals surface area contributed by atoms with E-state index in [0.717, 1.165) is 6.42 Å². The van der Waals surface area contributed by atoms with Crippen LogP contribution in [0.4, 0.5) is 0 Å². The van der Waals surface area contributed by atoms with Gasteiger partial charge in [0, 0.05) is 11.8 Å². The number of hydrazone groups is 1. The molecule has 0 aromatic heterocycles. The van der Waals surface area contributed by atoms with Crippen molar-refractivity contribution < 1.29 is 4.79 Å². The second kappa shape index (κ2) is 5.09. The van der Waals surface area contributed by atoms with Gasteiger partial charge in [0.2, 0.25) is 0 Å². The van der Waals surface area contributed by atoms with E-state index in [1.54, 1.807) is 18.3 Å². The first-order valence-corrected chi connectivity index (χ1v) is 4.21. The lowest BCUT2D eigenvalue weighted by Gasteiger charge is -1.97. The van der Waals surface area contributed by atoms with Gasteiger partial charge in [-0.2, -0.15) is 5.10 Å². The number of nitrogens with zero attached hydrogens (tertiary/aromatic N) is 1. The number of hydrogen-bond acceptors (Lipinski definition) is 2. The van der Waals surface area contributed by atoms with Crippen molar-refractivity contribution in [2.75, 3.05) is 0 Å².